The average molecular weight is 385 g/mol. The number of nitrogens with one attached hydrogen (secondary N) is 2. The van der Waals surface area contributed by atoms with Gasteiger partial charge in [0.15, 0.2) is 5.82 Å². The fraction of sp³-hybridized carbons (Fsp3) is 0.105. The highest BCUT2D eigenvalue weighted by Gasteiger charge is 2.21. The zero-order valence-corrected chi connectivity index (χ0v) is 15.7. The third-order valence-corrected chi connectivity index (χ3v) is 5.15. The number of benzene rings is 2. The van der Waals surface area contributed by atoms with Gasteiger partial charge in [0.05, 0.1) is 19.9 Å². The molecule has 0 aliphatic carbocycles. The van der Waals surface area contributed by atoms with Crippen LogP contribution in [-0.2, 0) is 10.0 Å². The van der Waals surface area contributed by atoms with Crippen molar-refractivity contribution in [3.05, 3.63) is 66.9 Å². The highest BCUT2D eigenvalue weighted by Crippen LogP contribution is 2.31. The number of pyridine rings is 1. The summed E-state index contributed by atoms with van der Waals surface area (Å²) in [6.45, 7) is 0. The predicted octanol–water partition coefficient (Wildman–Crippen LogP) is 3.64. The topological polar surface area (TPSA) is 89.6 Å². The maximum Gasteiger partial charge on any atom is 0.265 e. The fourth-order valence-electron chi connectivity index (χ4n) is 2.44. The number of anilines is 3. The largest absolute Gasteiger partial charge is 0.497 e. The van der Waals surface area contributed by atoms with E-state index in [-0.39, 0.29) is 10.6 Å². The Morgan fingerprint density at radius 2 is 1.70 bits per heavy atom. The second kappa shape index (κ2) is 7.96. The standard InChI is InChI=1S/C19H19N3O4S/c1-25-15-10-11-18(17(13-15)26-2)27(23,24)22-16-9-6-12-20-19(16)21-14-7-4-3-5-8-14/h3-13,22H,1-2H3,(H,20,21). The molecule has 3 aromatic rings. The fourth-order valence-corrected chi connectivity index (χ4v) is 3.66. The van der Waals surface area contributed by atoms with Crippen molar-refractivity contribution in [1.82, 2.24) is 4.98 Å². The molecule has 0 amide bonds. The first-order valence-corrected chi connectivity index (χ1v) is 9.54. The molecule has 2 aromatic carbocycles. The van der Waals surface area contributed by atoms with E-state index in [1.54, 1.807) is 24.4 Å². The van der Waals surface area contributed by atoms with Crippen molar-refractivity contribution >= 4 is 27.2 Å². The summed E-state index contributed by atoms with van der Waals surface area (Å²) < 4.78 is 38.7. The van der Waals surface area contributed by atoms with E-state index in [0.717, 1.165) is 5.69 Å². The van der Waals surface area contributed by atoms with Crippen LogP contribution in [-0.4, -0.2) is 27.6 Å². The van der Waals surface area contributed by atoms with Gasteiger partial charge in [0.25, 0.3) is 10.0 Å². The zero-order chi connectivity index (χ0) is 19.3. The van der Waals surface area contributed by atoms with Crippen molar-refractivity contribution in [2.75, 3.05) is 24.3 Å². The summed E-state index contributed by atoms with van der Waals surface area (Å²) >= 11 is 0. The monoisotopic (exact) mass is 385 g/mol. The van der Waals surface area contributed by atoms with Crippen LogP contribution >= 0.6 is 0 Å². The molecule has 8 heteroatoms. The Hall–Kier alpha value is -3.26. The molecule has 140 valence electrons. The minimum atomic E-state index is -3.91. The molecule has 1 heterocycles. The summed E-state index contributed by atoms with van der Waals surface area (Å²) in [7, 11) is -1.00. The maximum atomic E-state index is 12.9. The summed E-state index contributed by atoms with van der Waals surface area (Å²) in [5.74, 6) is 1.07. The van der Waals surface area contributed by atoms with Crippen LogP contribution in [0.5, 0.6) is 11.5 Å². The summed E-state index contributed by atoms with van der Waals surface area (Å²) in [5, 5.41) is 3.10. The van der Waals surface area contributed by atoms with Crippen LogP contribution in [0.25, 0.3) is 0 Å². The first-order chi connectivity index (χ1) is 13.0. The van der Waals surface area contributed by atoms with E-state index < -0.39 is 10.0 Å². The molecule has 0 saturated carbocycles. The molecule has 7 nitrogen and oxygen atoms in total. The van der Waals surface area contributed by atoms with Crippen LogP contribution in [0, 0.1) is 0 Å². The third-order valence-electron chi connectivity index (χ3n) is 3.75. The number of nitrogens with zero attached hydrogens (tertiary/aromatic N) is 1. The van der Waals surface area contributed by atoms with Crippen LogP contribution in [0.1, 0.15) is 0 Å². The lowest BCUT2D eigenvalue weighted by molar-refractivity contribution is 0.386. The van der Waals surface area contributed by atoms with Crippen LogP contribution in [0.3, 0.4) is 0 Å². The van der Waals surface area contributed by atoms with Crippen molar-refractivity contribution in [1.29, 1.82) is 0 Å². The first-order valence-electron chi connectivity index (χ1n) is 8.05. The van der Waals surface area contributed by atoms with Gasteiger partial charge in [-0.2, -0.15) is 0 Å². The first kappa shape index (κ1) is 18.5. The van der Waals surface area contributed by atoms with Crippen LogP contribution in [0.2, 0.25) is 0 Å². The Morgan fingerprint density at radius 3 is 2.41 bits per heavy atom. The van der Waals surface area contributed by atoms with E-state index in [2.05, 4.69) is 15.0 Å². The molecule has 0 spiro atoms. The van der Waals surface area contributed by atoms with Gasteiger partial charge in [-0.15, -0.1) is 0 Å². The van der Waals surface area contributed by atoms with Gasteiger partial charge in [0.1, 0.15) is 16.4 Å². The number of ether oxygens (including phenoxy) is 2. The number of aromatic nitrogens is 1. The molecule has 0 bridgehead atoms. The average Bonchev–Trinajstić information content (AvgIpc) is 2.69. The highest BCUT2D eigenvalue weighted by atomic mass is 32.2. The molecule has 3 rings (SSSR count). The SMILES string of the molecule is COc1ccc(S(=O)(=O)Nc2cccnc2Nc2ccccc2)c(OC)c1. The predicted molar refractivity (Wildman–Crippen MR) is 104 cm³/mol. The lowest BCUT2D eigenvalue weighted by Gasteiger charge is -2.15. The molecule has 0 saturated heterocycles. The quantitative estimate of drug-likeness (QED) is 0.645. The molecular weight excluding hydrogens is 366 g/mol. The molecule has 0 fully saturated rings. The minimum absolute atomic E-state index is 0.000291. The summed E-state index contributed by atoms with van der Waals surface area (Å²) in [4.78, 5) is 4.23. The van der Waals surface area contributed by atoms with E-state index in [0.29, 0.717) is 17.3 Å². The Balaban J connectivity index is 1.93. The lowest BCUT2D eigenvalue weighted by Crippen LogP contribution is -2.15. The van der Waals surface area contributed by atoms with E-state index in [1.807, 2.05) is 30.3 Å². The molecule has 0 atom stereocenters. The van der Waals surface area contributed by atoms with E-state index >= 15 is 0 Å². The number of para-hydroxylation sites is 1. The van der Waals surface area contributed by atoms with E-state index in [9.17, 15) is 8.42 Å². The number of sulfonamides is 1. The van der Waals surface area contributed by atoms with Gasteiger partial charge in [0.2, 0.25) is 0 Å². The molecule has 2 N–H and O–H groups in total. The van der Waals surface area contributed by atoms with Crippen LogP contribution in [0.15, 0.2) is 71.8 Å². The Bertz CT molecular complexity index is 1020. The van der Waals surface area contributed by atoms with Crippen molar-refractivity contribution < 1.29 is 17.9 Å². The van der Waals surface area contributed by atoms with Gasteiger partial charge >= 0.3 is 0 Å². The maximum absolute atomic E-state index is 12.9. The summed E-state index contributed by atoms with van der Waals surface area (Å²) in [6.07, 6.45) is 1.58. The zero-order valence-electron chi connectivity index (χ0n) is 14.8. The van der Waals surface area contributed by atoms with E-state index in [4.69, 9.17) is 9.47 Å². The van der Waals surface area contributed by atoms with E-state index in [1.165, 1.54) is 26.4 Å². The van der Waals surface area contributed by atoms with Crippen LogP contribution in [0.4, 0.5) is 17.2 Å². The second-order valence-corrected chi connectivity index (χ2v) is 7.16. The van der Waals surface area contributed by atoms with Crippen molar-refractivity contribution in [3.8, 4) is 11.5 Å². The Kier molecular flexibility index (Phi) is 5.46. The second-order valence-electron chi connectivity index (χ2n) is 5.51. The van der Waals surface area contributed by atoms with Gasteiger partial charge in [-0.05, 0) is 36.4 Å². The smallest absolute Gasteiger partial charge is 0.265 e. The summed E-state index contributed by atoms with van der Waals surface area (Å²) in [6, 6.07) is 17.1. The molecule has 0 aliphatic rings. The molecule has 0 unspecified atom stereocenters. The normalized spacial score (nSPS) is 10.9. The molecule has 0 aliphatic heterocycles. The number of hydrogen-bond donors (Lipinski definition) is 2. The van der Waals surface area contributed by atoms with Crippen LogP contribution < -0.4 is 19.5 Å². The number of methoxy groups -OCH3 is 2. The lowest BCUT2D eigenvalue weighted by atomic mass is 10.3. The molecule has 27 heavy (non-hydrogen) atoms. The Labute approximate surface area is 158 Å². The van der Waals surface area contributed by atoms with Crippen molar-refractivity contribution in [3.63, 3.8) is 0 Å². The van der Waals surface area contributed by atoms with Crippen molar-refractivity contribution in [2.45, 2.75) is 4.90 Å². The van der Waals surface area contributed by atoms with Gasteiger partial charge in [-0.25, -0.2) is 13.4 Å². The molecule has 1 aromatic heterocycles. The van der Waals surface area contributed by atoms with Gasteiger partial charge in [0, 0.05) is 18.0 Å². The number of hydrogen-bond acceptors (Lipinski definition) is 6. The van der Waals surface area contributed by atoms with Crippen molar-refractivity contribution in [2.24, 2.45) is 0 Å². The molecule has 0 radical (unpaired) electrons. The minimum Gasteiger partial charge on any atom is -0.497 e. The summed E-state index contributed by atoms with van der Waals surface area (Å²) in [5.41, 5.74) is 1.11. The van der Waals surface area contributed by atoms with Gasteiger partial charge < -0.3 is 14.8 Å². The Morgan fingerprint density at radius 1 is 0.926 bits per heavy atom. The number of rotatable bonds is 7. The van der Waals surface area contributed by atoms with Gasteiger partial charge in [-0.3, -0.25) is 4.72 Å². The molecular formula is C19H19N3O4S. The third kappa shape index (κ3) is 4.29. The van der Waals surface area contributed by atoms with Gasteiger partial charge in [-0.1, -0.05) is 18.2 Å². The highest BCUT2D eigenvalue weighted by molar-refractivity contribution is 7.92.